The summed E-state index contributed by atoms with van der Waals surface area (Å²) in [5.41, 5.74) is 8.07. The van der Waals surface area contributed by atoms with E-state index in [0.29, 0.717) is 35.7 Å². The van der Waals surface area contributed by atoms with Crippen LogP contribution in [0.25, 0.3) is 0 Å². The number of carbonyl (C=O) groups excluding carboxylic acids is 2. The van der Waals surface area contributed by atoms with Gasteiger partial charge in [0.2, 0.25) is 5.91 Å². The van der Waals surface area contributed by atoms with Crippen molar-refractivity contribution in [2.75, 3.05) is 19.5 Å². The summed E-state index contributed by atoms with van der Waals surface area (Å²) in [7, 11) is 3.09. The minimum absolute atomic E-state index is 0.110. The van der Waals surface area contributed by atoms with Gasteiger partial charge in [0.15, 0.2) is 11.5 Å². The number of hydrogen-bond acceptors (Lipinski definition) is 5. The maximum Gasteiger partial charge on any atom is 0.255 e. The van der Waals surface area contributed by atoms with Crippen LogP contribution in [0, 0.1) is 5.41 Å². The Bertz CT molecular complexity index is 1020. The molecular weight excluding hydrogens is 442 g/mol. The highest BCUT2D eigenvalue weighted by Gasteiger charge is 2.30. The van der Waals surface area contributed by atoms with E-state index in [1.165, 1.54) is 7.11 Å². The highest BCUT2D eigenvalue weighted by Crippen LogP contribution is 2.30. The summed E-state index contributed by atoms with van der Waals surface area (Å²) in [5.74, 6) is 0.932. The Morgan fingerprint density at radius 2 is 1.66 bits per heavy atom. The lowest BCUT2D eigenvalue weighted by Gasteiger charge is -2.38. The van der Waals surface area contributed by atoms with Crippen molar-refractivity contribution in [2.24, 2.45) is 11.1 Å². The average molecular weight is 482 g/mol. The van der Waals surface area contributed by atoms with Gasteiger partial charge >= 0.3 is 0 Å². The molecule has 2 aromatic rings. The van der Waals surface area contributed by atoms with E-state index >= 15 is 0 Å². The van der Waals surface area contributed by atoms with Crippen LogP contribution in [-0.4, -0.2) is 43.0 Å². The average Bonchev–Trinajstić information content (AvgIpc) is 2.82. The van der Waals surface area contributed by atoms with Crippen LogP contribution >= 0.6 is 0 Å². The molecular formula is C28H39N3O4. The fourth-order valence-corrected chi connectivity index (χ4v) is 4.53. The van der Waals surface area contributed by atoms with E-state index in [1.54, 1.807) is 25.3 Å². The van der Waals surface area contributed by atoms with Gasteiger partial charge in [-0.3, -0.25) is 9.59 Å². The maximum atomic E-state index is 13.4. The first-order chi connectivity index (χ1) is 16.6. The van der Waals surface area contributed by atoms with E-state index in [0.717, 1.165) is 31.2 Å². The number of nitrogens with one attached hydrogen (secondary N) is 1. The van der Waals surface area contributed by atoms with Crippen molar-refractivity contribution in [1.82, 2.24) is 4.90 Å². The standard InChI is InChI=1S/C28H39N3O4/c1-28(2,3)17-26(32)31(22-13-11-21(29)12-14-22)18-20-8-6-7-9-23(20)30-27(33)19-10-15-24(34-4)25(16-19)35-5/h6-10,15-16,21-22H,11-14,17-18,29H2,1-5H3,(H,30,33). The van der Waals surface area contributed by atoms with Crippen LogP contribution in [-0.2, 0) is 11.3 Å². The minimum Gasteiger partial charge on any atom is -0.493 e. The second-order valence-electron chi connectivity index (χ2n) is 10.5. The van der Waals surface area contributed by atoms with Crippen molar-refractivity contribution in [1.29, 1.82) is 0 Å². The molecule has 0 spiro atoms. The number of anilines is 1. The van der Waals surface area contributed by atoms with E-state index in [-0.39, 0.29) is 29.3 Å². The topological polar surface area (TPSA) is 93.9 Å². The maximum absolute atomic E-state index is 13.4. The highest BCUT2D eigenvalue weighted by atomic mass is 16.5. The molecule has 0 saturated heterocycles. The predicted octanol–water partition coefficient (Wildman–Crippen LogP) is 4.99. The summed E-state index contributed by atoms with van der Waals surface area (Å²) in [4.78, 5) is 28.5. The van der Waals surface area contributed by atoms with Gasteiger partial charge in [-0.25, -0.2) is 0 Å². The lowest BCUT2D eigenvalue weighted by atomic mass is 9.88. The Balaban J connectivity index is 1.83. The molecule has 7 nitrogen and oxygen atoms in total. The van der Waals surface area contributed by atoms with Gasteiger partial charge in [-0.15, -0.1) is 0 Å². The molecule has 0 atom stereocenters. The van der Waals surface area contributed by atoms with Gasteiger partial charge in [0.1, 0.15) is 0 Å². The summed E-state index contributed by atoms with van der Waals surface area (Å²) in [6.45, 7) is 6.68. The molecule has 2 amide bonds. The first-order valence-corrected chi connectivity index (χ1v) is 12.3. The van der Waals surface area contributed by atoms with E-state index in [2.05, 4.69) is 26.1 Å². The molecule has 1 aliphatic carbocycles. The van der Waals surface area contributed by atoms with Gasteiger partial charge in [0, 0.05) is 36.3 Å². The van der Waals surface area contributed by atoms with Crippen LogP contribution in [0.5, 0.6) is 11.5 Å². The van der Waals surface area contributed by atoms with Crippen LogP contribution in [0.2, 0.25) is 0 Å². The second kappa shape index (κ2) is 11.6. The van der Waals surface area contributed by atoms with Crippen molar-refractivity contribution >= 4 is 17.5 Å². The molecule has 7 heteroatoms. The zero-order valence-electron chi connectivity index (χ0n) is 21.6. The second-order valence-corrected chi connectivity index (χ2v) is 10.5. The van der Waals surface area contributed by atoms with Gasteiger partial charge < -0.3 is 25.4 Å². The monoisotopic (exact) mass is 481 g/mol. The molecule has 0 unspecified atom stereocenters. The Kier molecular flexibility index (Phi) is 8.78. The predicted molar refractivity (Wildman–Crippen MR) is 139 cm³/mol. The molecule has 3 N–H and O–H groups in total. The molecule has 1 saturated carbocycles. The lowest BCUT2D eigenvalue weighted by Crippen LogP contribution is -2.44. The molecule has 0 bridgehead atoms. The number of nitrogens with zero attached hydrogens (tertiary/aromatic N) is 1. The number of para-hydroxylation sites is 1. The van der Waals surface area contributed by atoms with Gasteiger partial charge in [0.05, 0.1) is 14.2 Å². The summed E-state index contributed by atoms with van der Waals surface area (Å²) in [5, 5.41) is 3.02. The smallest absolute Gasteiger partial charge is 0.255 e. The Morgan fingerprint density at radius 1 is 1.00 bits per heavy atom. The zero-order chi connectivity index (χ0) is 25.6. The molecule has 1 fully saturated rings. The molecule has 190 valence electrons. The van der Waals surface area contributed by atoms with Crippen molar-refractivity contribution in [2.45, 2.75) is 71.5 Å². The third-order valence-corrected chi connectivity index (χ3v) is 6.44. The van der Waals surface area contributed by atoms with Crippen molar-refractivity contribution in [3.8, 4) is 11.5 Å². The molecule has 0 aliphatic heterocycles. The van der Waals surface area contributed by atoms with Crippen molar-refractivity contribution in [3.05, 3.63) is 53.6 Å². The first kappa shape index (κ1) is 26.5. The number of benzene rings is 2. The molecule has 2 aromatic carbocycles. The largest absolute Gasteiger partial charge is 0.493 e. The minimum atomic E-state index is -0.255. The molecule has 35 heavy (non-hydrogen) atoms. The van der Waals surface area contributed by atoms with Crippen LogP contribution < -0.4 is 20.5 Å². The number of amides is 2. The molecule has 0 radical (unpaired) electrons. The highest BCUT2D eigenvalue weighted by molar-refractivity contribution is 6.05. The number of hydrogen-bond donors (Lipinski definition) is 2. The quantitative estimate of drug-likeness (QED) is 0.554. The van der Waals surface area contributed by atoms with Gasteiger partial charge in [-0.05, 0) is 60.9 Å². The summed E-state index contributed by atoms with van der Waals surface area (Å²) < 4.78 is 10.6. The number of rotatable bonds is 8. The van der Waals surface area contributed by atoms with Gasteiger partial charge in [-0.1, -0.05) is 39.0 Å². The SMILES string of the molecule is COc1ccc(C(=O)Nc2ccccc2CN(C(=O)CC(C)(C)C)C2CCC(N)CC2)cc1OC. The van der Waals surface area contributed by atoms with Crippen LogP contribution in [0.4, 0.5) is 5.69 Å². The van der Waals surface area contributed by atoms with E-state index in [4.69, 9.17) is 15.2 Å². The van der Waals surface area contributed by atoms with E-state index < -0.39 is 0 Å². The summed E-state index contributed by atoms with van der Waals surface area (Å²) in [6.07, 6.45) is 4.10. The summed E-state index contributed by atoms with van der Waals surface area (Å²) in [6, 6.07) is 13.1. The zero-order valence-corrected chi connectivity index (χ0v) is 21.6. The Labute approximate surface area is 209 Å². The van der Waals surface area contributed by atoms with Crippen molar-refractivity contribution < 1.29 is 19.1 Å². The number of methoxy groups -OCH3 is 2. The molecule has 0 aromatic heterocycles. The Hall–Kier alpha value is -3.06. The van der Waals surface area contributed by atoms with E-state index in [9.17, 15) is 9.59 Å². The Morgan fingerprint density at radius 3 is 2.29 bits per heavy atom. The van der Waals surface area contributed by atoms with Crippen LogP contribution in [0.1, 0.15) is 68.8 Å². The van der Waals surface area contributed by atoms with Crippen LogP contribution in [0.15, 0.2) is 42.5 Å². The first-order valence-electron chi connectivity index (χ1n) is 12.3. The molecule has 3 rings (SSSR count). The van der Waals surface area contributed by atoms with Gasteiger partial charge in [-0.2, -0.15) is 0 Å². The molecule has 0 heterocycles. The fourth-order valence-electron chi connectivity index (χ4n) is 4.53. The number of nitrogens with two attached hydrogens (primary N) is 1. The number of ether oxygens (including phenoxy) is 2. The normalized spacial score (nSPS) is 18.0. The third-order valence-electron chi connectivity index (χ3n) is 6.44. The number of carbonyl (C=O) groups is 2. The third kappa shape index (κ3) is 7.21. The fraction of sp³-hybridized carbons (Fsp3) is 0.500. The lowest BCUT2D eigenvalue weighted by molar-refractivity contribution is -0.137. The summed E-state index contributed by atoms with van der Waals surface area (Å²) >= 11 is 0. The van der Waals surface area contributed by atoms with Crippen molar-refractivity contribution in [3.63, 3.8) is 0 Å². The van der Waals surface area contributed by atoms with Gasteiger partial charge in [0.25, 0.3) is 5.91 Å². The molecule has 1 aliphatic rings. The van der Waals surface area contributed by atoms with Crippen LogP contribution in [0.3, 0.4) is 0 Å². The van der Waals surface area contributed by atoms with E-state index in [1.807, 2.05) is 29.2 Å².